The molecule has 0 heterocycles. The number of nitrogens with zero attached hydrogens (tertiary/aromatic N) is 1. The lowest BCUT2D eigenvalue weighted by atomic mass is 9.72. The molecule has 0 amide bonds. The van der Waals surface area contributed by atoms with Crippen molar-refractivity contribution in [3.63, 3.8) is 0 Å². The summed E-state index contributed by atoms with van der Waals surface area (Å²) in [5, 5.41) is 0. The number of hydrogen-bond donors (Lipinski definition) is 0. The molecule has 0 aliphatic rings. The zero-order chi connectivity index (χ0) is 10.2. The van der Waals surface area contributed by atoms with E-state index in [0.29, 0.717) is 0 Å². The van der Waals surface area contributed by atoms with Gasteiger partial charge >= 0.3 is 0 Å². The number of hydrogen-bond acceptors (Lipinski definition) is 2. The molecule has 0 N–H and O–H groups in total. The number of Topliss-reactive ketones (excluding diaryl/α,β-unsaturated/α-hetero) is 1. The van der Waals surface area contributed by atoms with Crippen molar-refractivity contribution in [2.24, 2.45) is 5.41 Å². The molecule has 0 aliphatic heterocycles. The number of ketones is 1. The predicted molar refractivity (Wildman–Crippen MR) is 52.2 cm³/mol. The second-order valence-electron chi connectivity index (χ2n) is 4.77. The van der Waals surface area contributed by atoms with Crippen LogP contribution in [0.15, 0.2) is 0 Å². The van der Waals surface area contributed by atoms with Crippen molar-refractivity contribution < 1.29 is 4.79 Å². The third-order valence-corrected chi connectivity index (χ3v) is 3.04. The highest BCUT2D eigenvalue weighted by Crippen LogP contribution is 2.34. The zero-order valence-electron chi connectivity index (χ0n) is 9.36. The van der Waals surface area contributed by atoms with Crippen molar-refractivity contribution in [2.45, 2.75) is 40.2 Å². The Hall–Kier alpha value is -0.370. The molecule has 0 aromatic heterocycles. The van der Waals surface area contributed by atoms with E-state index in [1.54, 1.807) is 6.92 Å². The molecule has 0 bridgehead atoms. The Kier molecular flexibility index (Phi) is 3.07. The molecule has 0 aliphatic carbocycles. The Morgan fingerprint density at radius 3 is 1.42 bits per heavy atom. The molecule has 0 rings (SSSR count). The van der Waals surface area contributed by atoms with Crippen LogP contribution >= 0.6 is 0 Å². The first-order chi connectivity index (χ1) is 5.14. The third-order valence-electron chi connectivity index (χ3n) is 3.04. The summed E-state index contributed by atoms with van der Waals surface area (Å²) in [7, 11) is 3.90. The van der Waals surface area contributed by atoms with Gasteiger partial charge in [-0.3, -0.25) is 9.69 Å². The van der Waals surface area contributed by atoms with Crippen LogP contribution in [0.5, 0.6) is 0 Å². The van der Waals surface area contributed by atoms with Crippen LogP contribution in [0.1, 0.15) is 34.6 Å². The molecule has 0 spiro atoms. The lowest BCUT2D eigenvalue weighted by molar-refractivity contribution is -0.132. The average molecular weight is 171 g/mol. The zero-order valence-corrected chi connectivity index (χ0v) is 9.36. The van der Waals surface area contributed by atoms with Gasteiger partial charge in [-0.25, -0.2) is 0 Å². The molecular formula is C10H21NO. The minimum atomic E-state index is -0.368. The minimum absolute atomic E-state index is 0.0255. The minimum Gasteiger partial charge on any atom is -0.298 e. The van der Waals surface area contributed by atoms with E-state index in [4.69, 9.17) is 0 Å². The maximum absolute atomic E-state index is 11.5. The van der Waals surface area contributed by atoms with Gasteiger partial charge in [-0.05, 0) is 33.4 Å². The first-order valence-electron chi connectivity index (χ1n) is 4.32. The highest BCUT2D eigenvalue weighted by atomic mass is 16.1. The summed E-state index contributed by atoms with van der Waals surface area (Å²) in [6.45, 7) is 9.93. The lowest BCUT2D eigenvalue weighted by Crippen LogP contribution is -2.56. The Morgan fingerprint density at radius 1 is 1.08 bits per heavy atom. The Bertz CT molecular complexity index is 179. The Morgan fingerprint density at radius 2 is 1.42 bits per heavy atom. The molecule has 0 aromatic carbocycles. The molecular weight excluding hydrogens is 150 g/mol. The molecule has 1 unspecified atom stereocenters. The lowest BCUT2D eigenvalue weighted by Gasteiger charge is -2.45. The highest BCUT2D eigenvalue weighted by Gasteiger charge is 2.43. The van der Waals surface area contributed by atoms with Gasteiger partial charge in [0.15, 0.2) is 0 Å². The van der Waals surface area contributed by atoms with Crippen molar-refractivity contribution in [3.05, 3.63) is 0 Å². The molecule has 1 atom stereocenters. The second-order valence-corrected chi connectivity index (χ2v) is 4.77. The van der Waals surface area contributed by atoms with E-state index in [1.807, 2.05) is 25.9 Å². The maximum Gasteiger partial charge on any atom is 0.150 e. The number of likely N-dealkylation sites (N-methyl/N-ethyl adjacent to an activating group) is 1. The van der Waals surface area contributed by atoms with Crippen LogP contribution in [0.3, 0.4) is 0 Å². The van der Waals surface area contributed by atoms with Crippen LogP contribution in [0.4, 0.5) is 0 Å². The van der Waals surface area contributed by atoms with E-state index < -0.39 is 0 Å². The average Bonchev–Trinajstić information content (AvgIpc) is 1.82. The van der Waals surface area contributed by atoms with Crippen molar-refractivity contribution in [1.29, 1.82) is 0 Å². The predicted octanol–water partition coefficient (Wildman–Crippen LogP) is 1.94. The van der Waals surface area contributed by atoms with Gasteiger partial charge in [-0.1, -0.05) is 20.8 Å². The third kappa shape index (κ3) is 1.69. The van der Waals surface area contributed by atoms with Crippen LogP contribution in [0, 0.1) is 5.41 Å². The van der Waals surface area contributed by atoms with Gasteiger partial charge in [-0.2, -0.15) is 0 Å². The van der Waals surface area contributed by atoms with Crippen molar-refractivity contribution in [2.75, 3.05) is 14.1 Å². The van der Waals surface area contributed by atoms with Gasteiger partial charge in [0.2, 0.25) is 0 Å². The fourth-order valence-electron chi connectivity index (χ4n) is 1.51. The van der Waals surface area contributed by atoms with Crippen LogP contribution < -0.4 is 0 Å². The monoisotopic (exact) mass is 171 g/mol. The fourth-order valence-corrected chi connectivity index (χ4v) is 1.51. The van der Waals surface area contributed by atoms with Crippen LogP contribution in [-0.4, -0.2) is 30.3 Å². The Labute approximate surface area is 75.9 Å². The van der Waals surface area contributed by atoms with Crippen LogP contribution in [0.25, 0.3) is 0 Å². The van der Waals surface area contributed by atoms with E-state index in [2.05, 4.69) is 20.8 Å². The molecule has 0 radical (unpaired) electrons. The van der Waals surface area contributed by atoms with Crippen molar-refractivity contribution in [1.82, 2.24) is 4.90 Å². The smallest absolute Gasteiger partial charge is 0.150 e. The van der Waals surface area contributed by atoms with E-state index in [-0.39, 0.29) is 16.7 Å². The molecule has 0 saturated carbocycles. The number of carbonyl (C=O) groups excluding carboxylic acids is 1. The summed E-state index contributed by atoms with van der Waals surface area (Å²) >= 11 is 0. The quantitative estimate of drug-likeness (QED) is 0.633. The summed E-state index contributed by atoms with van der Waals surface area (Å²) in [6.07, 6.45) is 0. The van der Waals surface area contributed by atoms with Gasteiger partial charge in [0, 0.05) is 0 Å². The molecule has 2 heteroatoms. The van der Waals surface area contributed by atoms with Crippen LogP contribution in [0.2, 0.25) is 0 Å². The first-order valence-corrected chi connectivity index (χ1v) is 4.32. The topological polar surface area (TPSA) is 20.3 Å². The van der Waals surface area contributed by atoms with Gasteiger partial charge in [0.1, 0.15) is 5.78 Å². The van der Waals surface area contributed by atoms with Gasteiger partial charge < -0.3 is 0 Å². The fraction of sp³-hybridized carbons (Fsp3) is 0.900. The summed E-state index contributed by atoms with van der Waals surface area (Å²) in [5.41, 5.74) is -0.394. The molecule has 72 valence electrons. The SMILES string of the molecule is CC(=O)C(C)(N(C)C)C(C)(C)C. The number of carbonyl (C=O) groups is 1. The highest BCUT2D eigenvalue weighted by molar-refractivity contribution is 5.86. The summed E-state index contributed by atoms with van der Waals surface area (Å²) in [4.78, 5) is 13.5. The molecule has 0 fully saturated rings. The largest absolute Gasteiger partial charge is 0.298 e. The molecule has 12 heavy (non-hydrogen) atoms. The van der Waals surface area contributed by atoms with Crippen LogP contribution in [-0.2, 0) is 4.79 Å². The van der Waals surface area contributed by atoms with Crippen molar-refractivity contribution >= 4 is 5.78 Å². The summed E-state index contributed by atoms with van der Waals surface area (Å²) in [6, 6.07) is 0. The summed E-state index contributed by atoms with van der Waals surface area (Å²) in [5.74, 6) is 0.222. The second kappa shape index (κ2) is 3.17. The number of rotatable bonds is 2. The Balaban J connectivity index is 5.02. The van der Waals surface area contributed by atoms with Crippen molar-refractivity contribution in [3.8, 4) is 0 Å². The van der Waals surface area contributed by atoms with Gasteiger partial charge in [-0.15, -0.1) is 0 Å². The van der Waals surface area contributed by atoms with E-state index in [0.717, 1.165) is 0 Å². The molecule has 0 saturated heterocycles. The normalized spacial score (nSPS) is 17.7. The summed E-state index contributed by atoms with van der Waals surface area (Å²) < 4.78 is 0. The van der Waals surface area contributed by atoms with Gasteiger partial charge in [0.25, 0.3) is 0 Å². The van der Waals surface area contributed by atoms with E-state index >= 15 is 0 Å². The first kappa shape index (κ1) is 11.6. The van der Waals surface area contributed by atoms with Gasteiger partial charge in [0.05, 0.1) is 5.54 Å². The maximum atomic E-state index is 11.5. The molecule has 0 aromatic rings. The standard InChI is InChI=1S/C10H21NO/c1-8(12)10(5,11(6)7)9(2,3)4/h1-7H3. The van der Waals surface area contributed by atoms with E-state index in [1.165, 1.54) is 0 Å². The van der Waals surface area contributed by atoms with E-state index in [9.17, 15) is 4.79 Å². The molecule has 2 nitrogen and oxygen atoms in total.